The minimum absolute atomic E-state index is 0.198. The summed E-state index contributed by atoms with van der Waals surface area (Å²) >= 11 is 0. The van der Waals surface area contributed by atoms with Crippen LogP contribution in [-0.2, 0) is 10.3 Å². The Bertz CT molecular complexity index is 388. The number of benzene rings is 1. The smallest absolute Gasteiger partial charge is 0.0918 e. The minimum atomic E-state index is -0.198. The summed E-state index contributed by atoms with van der Waals surface area (Å²) in [6, 6.07) is 6.83. The standard InChI is InChI=1S/C14H21NO/c1-10-4-5-12(8-11(10)2)14(3)9-13(15)6-7-16-14/h4-5,8,13H,6-7,9,15H2,1-3H3. The Labute approximate surface area is 97.8 Å². The van der Waals surface area contributed by atoms with Crippen LogP contribution in [0.3, 0.4) is 0 Å². The van der Waals surface area contributed by atoms with E-state index in [4.69, 9.17) is 10.5 Å². The topological polar surface area (TPSA) is 35.2 Å². The van der Waals surface area contributed by atoms with Gasteiger partial charge in [-0.3, -0.25) is 0 Å². The molecule has 1 aromatic carbocycles. The number of aryl methyl sites for hydroxylation is 2. The van der Waals surface area contributed by atoms with E-state index in [-0.39, 0.29) is 11.6 Å². The van der Waals surface area contributed by atoms with Crippen LogP contribution in [0.4, 0.5) is 0 Å². The second-order valence-electron chi connectivity index (χ2n) is 5.13. The highest BCUT2D eigenvalue weighted by Crippen LogP contribution is 2.34. The zero-order valence-electron chi connectivity index (χ0n) is 10.4. The molecular formula is C14H21NO. The van der Waals surface area contributed by atoms with E-state index in [1.54, 1.807) is 0 Å². The molecule has 2 N–H and O–H groups in total. The predicted octanol–water partition coefficient (Wildman–Crippen LogP) is 2.66. The number of rotatable bonds is 1. The van der Waals surface area contributed by atoms with Crippen molar-refractivity contribution >= 4 is 0 Å². The van der Waals surface area contributed by atoms with Crippen LogP contribution in [0.1, 0.15) is 36.5 Å². The summed E-state index contributed by atoms with van der Waals surface area (Å²) in [6.07, 6.45) is 1.88. The molecule has 0 aliphatic carbocycles. The second kappa shape index (κ2) is 4.19. The zero-order chi connectivity index (χ0) is 11.8. The molecular weight excluding hydrogens is 198 g/mol. The van der Waals surface area contributed by atoms with Gasteiger partial charge < -0.3 is 10.5 Å². The van der Waals surface area contributed by atoms with Crippen LogP contribution in [0.5, 0.6) is 0 Å². The normalized spacial score (nSPS) is 30.4. The van der Waals surface area contributed by atoms with E-state index in [1.807, 2.05) is 0 Å². The summed E-state index contributed by atoms with van der Waals surface area (Å²) in [7, 11) is 0. The predicted molar refractivity (Wildman–Crippen MR) is 66.4 cm³/mol. The van der Waals surface area contributed by atoms with Crippen molar-refractivity contribution in [3.63, 3.8) is 0 Å². The third kappa shape index (κ3) is 2.13. The molecule has 1 saturated heterocycles. The van der Waals surface area contributed by atoms with Crippen molar-refractivity contribution in [2.24, 2.45) is 5.73 Å². The number of hydrogen-bond donors (Lipinski definition) is 1. The fourth-order valence-corrected chi connectivity index (χ4v) is 2.37. The molecule has 1 fully saturated rings. The minimum Gasteiger partial charge on any atom is -0.370 e. The van der Waals surface area contributed by atoms with E-state index in [9.17, 15) is 0 Å². The second-order valence-corrected chi connectivity index (χ2v) is 5.13. The first-order valence-electron chi connectivity index (χ1n) is 5.98. The molecule has 0 bridgehead atoms. The lowest BCUT2D eigenvalue weighted by atomic mass is 9.85. The Hall–Kier alpha value is -0.860. The first-order chi connectivity index (χ1) is 7.51. The van der Waals surface area contributed by atoms with E-state index < -0.39 is 0 Å². The van der Waals surface area contributed by atoms with E-state index in [0.29, 0.717) is 0 Å². The third-order valence-corrected chi connectivity index (χ3v) is 3.68. The highest BCUT2D eigenvalue weighted by molar-refractivity contribution is 5.33. The molecule has 0 spiro atoms. The monoisotopic (exact) mass is 219 g/mol. The van der Waals surface area contributed by atoms with Gasteiger partial charge in [-0.15, -0.1) is 0 Å². The Balaban J connectivity index is 2.31. The molecule has 0 aromatic heterocycles. The Kier molecular flexibility index (Phi) is 3.04. The number of hydrogen-bond acceptors (Lipinski definition) is 2. The van der Waals surface area contributed by atoms with Gasteiger partial charge in [0.2, 0.25) is 0 Å². The number of nitrogens with two attached hydrogens (primary N) is 1. The maximum Gasteiger partial charge on any atom is 0.0918 e. The Morgan fingerprint density at radius 1 is 1.31 bits per heavy atom. The summed E-state index contributed by atoms with van der Waals surface area (Å²) in [5, 5.41) is 0. The lowest BCUT2D eigenvalue weighted by Crippen LogP contribution is -2.41. The highest BCUT2D eigenvalue weighted by atomic mass is 16.5. The molecule has 1 heterocycles. The molecule has 1 aliphatic rings. The first kappa shape index (κ1) is 11.6. The lowest BCUT2D eigenvalue weighted by molar-refractivity contribution is -0.0766. The van der Waals surface area contributed by atoms with Crippen LogP contribution >= 0.6 is 0 Å². The third-order valence-electron chi connectivity index (χ3n) is 3.68. The fraction of sp³-hybridized carbons (Fsp3) is 0.571. The number of ether oxygens (including phenoxy) is 1. The molecule has 2 nitrogen and oxygen atoms in total. The maximum absolute atomic E-state index is 6.04. The van der Waals surface area contributed by atoms with Gasteiger partial charge in [0.05, 0.1) is 5.60 Å². The van der Waals surface area contributed by atoms with E-state index in [0.717, 1.165) is 19.4 Å². The van der Waals surface area contributed by atoms with Crippen molar-refractivity contribution in [2.45, 2.75) is 45.3 Å². The van der Waals surface area contributed by atoms with Gasteiger partial charge in [-0.1, -0.05) is 18.2 Å². The maximum atomic E-state index is 6.04. The van der Waals surface area contributed by atoms with Crippen LogP contribution in [0.25, 0.3) is 0 Å². The van der Waals surface area contributed by atoms with Crippen LogP contribution in [0.15, 0.2) is 18.2 Å². The lowest BCUT2D eigenvalue weighted by Gasteiger charge is -2.37. The van der Waals surface area contributed by atoms with Crippen molar-refractivity contribution in [1.29, 1.82) is 0 Å². The SMILES string of the molecule is Cc1ccc(C2(C)CC(N)CCO2)cc1C. The van der Waals surface area contributed by atoms with E-state index in [1.165, 1.54) is 16.7 Å². The highest BCUT2D eigenvalue weighted by Gasteiger charge is 2.33. The molecule has 16 heavy (non-hydrogen) atoms. The molecule has 2 heteroatoms. The van der Waals surface area contributed by atoms with Crippen LogP contribution in [0, 0.1) is 13.8 Å². The molecule has 88 valence electrons. The molecule has 2 rings (SSSR count). The fourth-order valence-electron chi connectivity index (χ4n) is 2.37. The average Bonchev–Trinajstić information content (AvgIpc) is 2.21. The van der Waals surface area contributed by atoms with Crippen molar-refractivity contribution in [1.82, 2.24) is 0 Å². The van der Waals surface area contributed by atoms with Crippen molar-refractivity contribution in [3.8, 4) is 0 Å². The van der Waals surface area contributed by atoms with Gasteiger partial charge in [0, 0.05) is 12.6 Å². The largest absolute Gasteiger partial charge is 0.370 e. The van der Waals surface area contributed by atoms with Gasteiger partial charge in [0.25, 0.3) is 0 Å². The van der Waals surface area contributed by atoms with E-state index >= 15 is 0 Å². The van der Waals surface area contributed by atoms with Crippen molar-refractivity contribution in [2.75, 3.05) is 6.61 Å². The van der Waals surface area contributed by atoms with E-state index in [2.05, 4.69) is 39.0 Å². The van der Waals surface area contributed by atoms with Crippen LogP contribution in [-0.4, -0.2) is 12.6 Å². The van der Waals surface area contributed by atoms with Gasteiger partial charge in [-0.25, -0.2) is 0 Å². The molecule has 1 aromatic rings. The molecule has 2 unspecified atom stereocenters. The van der Waals surface area contributed by atoms with Crippen molar-refractivity contribution in [3.05, 3.63) is 34.9 Å². The van der Waals surface area contributed by atoms with Gasteiger partial charge in [-0.05, 0) is 50.3 Å². The quantitative estimate of drug-likeness (QED) is 0.788. The van der Waals surface area contributed by atoms with Crippen LogP contribution < -0.4 is 5.73 Å². The van der Waals surface area contributed by atoms with Crippen molar-refractivity contribution < 1.29 is 4.74 Å². The molecule has 0 amide bonds. The van der Waals surface area contributed by atoms with Crippen LogP contribution in [0.2, 0.25) is 0 Å². The Morgan fingerprint density at radius 2 is 2.06 bits per heavy atom. The summed E-state index contributed by atoms with van der Waals surface area (Å²) in [5.74, 6) is 0. The van der Waals surface area contributed by atoms with Gasteiger partial charge in [0.1, 0.15) is 0 Å². The molecule has 1 aliphatic heterocycles. The molecule has 0 radical (unpaired) electrons. The summed E-state index contributed by atoms with van der Waals surface area (Å²) in [6.45, 7) is 7.20. The zero-order valence-corrected chi connectivity index (χ0v) is 10.4. The van der Waals surface area contributed by atoms with Gasteiger partial charge in [-0.2, -0.15) is 0 Å². The summed E-state index contributed by atoms with van der Waals surface area (Å²) in [5.41, 5.74) is 9.74. The first-order valence-corrected chi connectivity index (χ1v) is 5.98. The summed E-state index contributed by atoms with van der Waals surface area (Å²) in [4.78, 5) is 0. The van der Waals surface area contributed by atoms with Gasteiger partial charge >= 0.3 is 0 Å². The van der Waals surface area contributed by atoms with Gasteiger partial charge in [0.15, 0.2) is 0 Å². The molecule has 2 atom stereocenters. The Morgan fingerprint density at radius 3 is 2.69 bits per heavy atom. The average molecular weight is 219 g/mol. The summed E-state index contributed by atoms with van der Waals surface area (Å²) < 4.78 is 5.94. The molecule has 0 saturated carbocycles.